The fraction of sp³-hybridized carbons (Fsp3) is 0.571. The predicted octanol–water partition coefficient (Wildman–Crippen LogP) is 3.72. The van der Waals surface area contributed by atoms with Crippen molar-refractivity contribution in [1.29, 1.82) is 0 Å². The summed E-state index contributed by atoms with van der Waals surface area (Å²) in [5.41, 5.74) is 2.41. The largest absolute Gasteiger partial charge is 0.371 e. The summed E-state index contributed by atoms with van der Waals surface area (Å²) in [6, 6.07) is 5.19. The molecule has 0 aromatic heterocycles. The van der Waals surface area contributed by atoms with E-state index < -0.39 is 0 Å². The van der Waals surface area contributed by atoms with Crippen LogP contribution in [0.1, 0.15) is 39.2 Å². The SMILES string of the molecule is CC(C)(C)c1ccc(F)cc1N1CCCC1. The standard InChI is InChI=1S/C14H20FN/c1-14(2,3)12-7-6-11(15)10-13(12)16-8-4-5-9-16/h6-7,10H,4-5,8-9H2,1-3H3. The molecule has 1 nitrogen and oxygen atoms in total. The van der Waals surface area contributed by atoms with E-state index in [1.54, 1.807) is 12.1 Å². The minimum Gasteiger partial charge on any atom is -0.371 e. The Morgan fingerprint density at radius 1 is 1.12 bits per heavy atom. The first kappa shape index (κ1) is 11.4. The second kappa shape index (κ2) is 4.08. The molecule has 1 saturated heterocycles. The van der Waals surface area contributed by atoms with Crippen LogP contribution in [0.5, 0.6) is 0 Å². The van der Waals surface area contributed by atoms with E-state index in [1.807, 2.05) is 6.07 Å². The Kier molecular flexibility index (Phi) is 2.92. The molecule has 0 aliphatic carbocycles. The van der Waals surface area contributed by atoms with Gasteiger partial charge in [-0.05, 0) is 36.0 Å². The number of benzene rings is 1. The lowest BCUT2D eigenvalue weighted by Gasteiger charge is -2.28. The van der Waals surface area contributed by atoms with Gasteiger partial charge in [0.2, 0.25) is 0 Å². The highest BCUT2D eigenvalue weighted by molar-refractivity contribution is 5.57. The molecular weight excluding hydrogens is 201 g/mol. The number of hydrogen-bond donors (Lipinski definition) is 0. The van der Waals surface area contributed by atoms with Crippen LogP contribution in [0.25, 0.3) is 0 Å². The molecule has 1 fully saturated rings. The normalized spacial score (nSPS) is 16.9. The van der Waals surface area contributed by atoms with E-state index >= 15 is 0 Å². The third-order valence-electron chi connectivity index (χ3n) is 3.21. The summed E-state index contributed by atoms with van der Waals surface area (Å²) >= 11 is 0. The van der Waals surface area contributed by atoms with Crippen LogP contribution in [-0.2, 0) is 5.41 Å². The topological polar surface area (TPSA) is 3.24 Å². The van der Waals surface area contributed by atoms with Crippen molar-refractivity contribution >= 4 is 5.69 Å². The van der Waals surface area contributed by atoms with Crippen molar-refractivity contribution < 1.29 is 4.39 Å². The lowest BCUT2D eigenvalue weighted by atomic mass is 9.85. The maximum absolute atomic E-state index is 13.4. The van der Waals surface area contributed by atoms with E-state index in [0.29, 0.717) is 0 Å². The number of anilines is 1. The fourth-order valence-electron chi connectivity index (χ4n) is 2.36. The second-order valence-electron chi connectivity index (χ2n) is 5.61. The summed E-state index contributed by atoms with van der Waals surface area (Å²) in [6.45, 7) is 8.67. The molecule has 0 saturated carbocycles. The lowest BCUT2D eigenvalue weighted by Crippen LogP contribution is -2.23. The van der Waals surface area contributed by atoms with Crippen LogP contribution in [0.15, 0.2) is 18.2 Å². The highest BCUT2D eigenvalue weighted by atomic mass is 19.1. The van der Waals surface area contributed by atoms with Gasteiger partial charge in [0.1, 0.15) is 5.82 Å². The first-order valence-electron chi connectivity index (χ1n) is 6.03. The summed E-state index contributed by atoms with van der Waals surface area (Å²) in [5, 5.41) is 0. The number of hydrogen-bond acceptors (Lipinski definition) is 1. The molecule has 16 heavy (non-hydrogen) atoms. The van der Waals surface area contributed by atoms with Crippen molar-refractivity contribution in [3.8, 4) is 0 Å². The number of halogens is 1. The van der Waals surface area contributed by atoms with E-state index in [2.05, 4.69) is 25.7 Å². The Hall–Kier alpha value is -1.05. The highest BCUT2D eigenvalue weighted by Gasteiger charge is 2.23. The van der Waals surface area contributed by atoms with Gasteiger partial charge in [0.05, 0.1) is 0 Å². The van der Waals surface area contributed by atoms with E-state index in [0.717, 1.165) is 18.8 Å². The Bertz CT molecular complexity index is 373. The summed E-state index contributed by atoms with van der Waals surface area (Å²) in [5.74, 6) is -0.130. The number of rotatable bonds is 1. The van der Waals surface area contributed by atoms with Crippen LogP contribution in [-0.4, -0.2) is 13.1 Å². The van der Waals surface area contributed by atoms with Crippen molar-refractivity contribution in [2.24, 2.45) is 0 Å². The van der Waals surface area contributed by atoms with Gasteiger partial charge in [-0.25, -0.2) is 4.39 Å². The van der Waals surface area contributed by atoms with Crippen LogP contribution in [0.3, 0.4) is 0 Å². The van der Waals surface area contributed by atoms with Gasteiger partial charge in [-0.2, -0.15) is 0 Å². The number of nitrogens with zero attached hydrogens (tertiary/aromatic N) is 1. The average molecular weight is 221 g/mol. The molecule has 88 valence electrons. The molecular formula is C14H20FN. The first-order valence-corrected chi connectivity index (χ1v) is 6.03. The molecule has 0 spiro atoms. The molecule has 1 aromatic carbocycles. The van der Waals surface area contributed by atoms with Crippen LogP contribution < -0.4 is 4.90 Å². The second-order valence-corrected chi connectivity index (χ2v) is 5.61. The molecule has 1 aliphatic rings. The molecule has 2 heteroatoms. The van der Waals surface area contributed by atoms with Crippen molar-refractivity contribution in [1.82, 2.24) is 0 Å². The fourth-order valence-corrected chi connectivity index (χ4v) is 2.36. The zero-order chi connectivity index (χ0) is 11.8. The van der Waals surface area contributed by atoms with Gasteiger partial charge >= 0.3 is 0 Å². The Balaban J connectivity index is 2.43. The maximum Gasteiger partial charge on any atom is 0.125 e. The molecule has 0 radical (unpaired) electrons. The van der Waals surface area contributed by atoms with Gasteiger partial charge in [-0.15, -0.1) is 0 Å². The Labute approximate surface area is 97.3 Å². The van der Waals surface area contributed by atoms with Gasteiger partial charge in [-0.1, -0.05) is 26.8 Å². The van der Waals surface area contributed by atoms with Crippen molar-refractivity contribution in [3.05, 3.63) is 29.6 Å². The molecule has 0 N–H and O–H groups in total. The highest BCUT2D eigenvalue weighted by Crippen LogP contribution is 2.34. The Morgan fingerprint density at radius 2 is 1.75 bits per heavy atom. The van der Waals surface area contributed by atoms with E-state index in [-0.39, 0.29) is 11.2 Å². The average Bonchev–Trinajstić information content (AvgIpc) is 2.68. The van der Waals surface area contributed by atoms with E-state index in [9.17, 15) is 4.39 Å². The molecule has 1 aliphatic heterocycles. The van der Waals surface area contributed by atoms with E-state index in [4.69, 9.17) is 0 Å². The molecule has 0 unspecified atom stereocenters. The first-order chi connectivity index (χ1) is 7.48. The summed E-state index contributed by atoms with van der Waals surface area (Å²) in [7, 11) is 0. The molecule has 2 rings (SSSR count). The van der Waals surface area contributed by atoms with Crippen LogP contribution in [0, 0.1) is 5.82 Å². The van der Waals surface area contributed by atoms with Gasteiger partial charge in [0.15, 0.2) is 0 Å². The Morgan fingerprint density at radius 3 is 2.31 bits per heavy atom. The molecule has 1 aromatic rings. The minimum absolute atomic E-state index is 0.0750. The summed E-state index contributed by atoms with van der Waals surface area (Å²) in [6.07, 6.45) is 2.44. The smallest absolute Gasteiger partial charge is 0.125 e. The molecule has 0 atom stereocenters. The van der Waals surface area contributed by atoms with Crippen LogP contribution >= 0.6 is 0 Å². The van der Waals surface area contributed by atoms with Crippen LogP contribution in [0.4, 0.5) is 10.1 Å². The molecule has 0 amide bonds. The van der Waals surface area contributed by atoms with Gasteiger partial charge in [-0.3, -0.25) is 0 Å². The third kappa shape index (κ3) is 2.21. The lowest BCUT2D eigenvalue weighted by molar-refractivity contribution is 0.581. The summed E-state index contributed by atoms with van der Waals surface area (Å²) in [4.78, 5) is 2.31. The zero-order valence-electron chi connectivity index (χ0n) is 10.4. The van der Waals surface area contributed by atoms with Gasteiger partial charge in [0.25, 0.3) is 0 Å². The quantitative estimate of drug-likeness (QED) is 0.698. The van der Waals surface area contributed by atoms with Crippen molar-refractivity contribution in [2.75, 3.05) is 18.0 Å². The monoisotopic (exact) mass is 221 g/mol. The van der Waals surface area contributed by atoms with Gasteiger partial charge in [0, 0.05) is 18.8 Å². The van der Waals surface area contributed by atoms with Crippen molar-refractivity contribution in [2.45, 2.75) is 39.0 Å². The zero-order valence-corrected chi connectivity index (χ0v) is 10.4. The minimum atomic E-state index is -0.130. The molecule has 0 bridgehead atoms. The van der Waals surface area contributed by atoms with E-state index in [1.165, 1.54) is 18.4 Å². The van der Waals surface area contributed by atoms with Gasteiger partial charge < -0.3 is 4.90 Å². The third-order valence-corrected chi connectivity index (χ3v) is 3.21. The molecule has 1 heterocycles. The van der Waals surface area contributed by atoms with Crippen molar-refractivity contribution in [3.63, 3.8) is 0 Å². The summed E-state index contributed by atoms with van der Waals surface area (Å²) < 4.78 is 13.4. The maximum atomic E-state index is 13.4. The van der Waals surface area contributed by atoms with Crippen LogP contribution in [0.2, 0.25) is 0 Å². The predicted molar refractivity (Wildman–Crippen MR) is 66.5 cm³/mol.